The van der Waals surface area contributed by atoms with Gasteiger partial charge in [-0.15, -0.1) is 0 Å². The van der Waals surface area contributed by atoms with Crippen molar-refractivity contribution in [2.45, 2.75) is 39.3 Å². The molecule has 3 aromatic rings. The van der Waals surface area contributed by atoms with Crippen LogP contribution in [0.2, 0.25) is 10.0 Å². The van der Waals surface area contributed by atoms with E-state index in [1.54, 1.807) is 11.0 Å². The number of halogens is 2. The second kappa shape index (κ2) is 9.20. The fourth-order valence-corrected chi connectivity index (χ4v) is 4.26. The molecule has 1 aromatic heterocycles. The third-order valence-corrected chi connectivity index (χ3v) is 5.94. The average Bonchev–Trinajstić information content (AvgIpc) is 3.32. The number of carbonyl (C=O) groups excluding carboxylic acids is 1. The van der Waals surface area contributed by atoms with Gasteiger partial charge in [0.1, 0.15) is 5.60 Å². The molecule has 1 aliphatic heterocycles. The van der Waals surface area contributed by atoms with E-state index in [0.29, 0.717) is 42.3 Å². The Balaban J connectivity index is 1.48. The van der Waals surface area contributed by atoms with E-state index in [4.69, 9.17) is 32.7 Å². The minimum atomic E-state index is -0.501. The summed E-state index contributed by atoms with van der Waals surface area (Å²) in [5, 5.41) is 1.20. The lowest BCUT2D eigenvalue weighted by atomic mass is 10.1. The van der Waals surface area contributed by atoms with E-state index in [1.165, 1.54) is 0 Å². The molecular formula is C24H27Cl2N3O3. The van der Waals surface area contributed by atoms with Gasteiger partial charge in [-0.3, -0.25) is 4.57 Å². The topological polar surface area (TPSA) is 56.6 Å². The van der Waals surface area contributed by atoms with Crippen molar-refractivity contribution in [3.05, 3.63) is 58.1 Å². The molecule has 1 fully saturated rings. The molecule has 1 saturated heterocycles. The van der Waals surface area contributed by atoms with E-state index in [2.05, 4.69) is 4.98 Å². The highest BCUT2D eigenvalue weighted by Crippen LogP contribution is 2.28. The number of benzene rings is 2. The first-order chi connectivity index (χ1) is 15.2. The second-order valence-corrected chi connectivity index (χ2v) is 9.94. The highest BCUT2D eigenvalue weighted by molar-refractivity contribution is 6.35. The normalized spacial score (nSPS) is 16.5. The number of ether oxygens (including phenoxy) is 2. The summed E-state index contributed by atoms with van der Waals surface area (Å²) in [6.07, 6.45) is 0.590. The molecule has 6 nitrogen and oxygen atoms in total. The summed E-state index contributed by atoms with van der Waals surface area (Å²) in [5.74, 6) is 0.218. The van der Waals surface area contributed by atoms with Gasteiger partial charge in [-0.05, 0) is 57.0 Å². The number of aromatic nitrogens is 2. The Morgan fingerprint density at radius 2 is 1.97 bits per heavy atom. The zero-order valence-corrected chi connectivity index (χ0v) is 20.0. The smallest absolute Gasteiger partial charge is 0.410 e. The van der Waals surface area contributed by atoms with Gasteiger partial charge in [-0.2, -0.15) is 4.98 Å². The van der Waals surface area contributed by atoms with Gasteiger partial charge in [0, 0.05) is 29.1 Å². The van der Waals surface area contributed by atoms with Gasteiger partial charge in [0.2, 0.25) is 0 Å². The van der Waals surface area contributed by atoms with E-state index in [1.807, 2.05) is 61.7 Å². The first kappa shape index (κ1) is 22.7. The van der Waals surface area contributed by atoms with Crippen LogP contribution in [-0.2, 0) is 11.3 Å². The number of nitrogens with zero attached hydrogens (tertiary/aromatic N) is 3. The second-order valence-electron chi connectivity index (χ2n) is 9.10. The Morgan fingerprint density at radius 3 is 2.72 bits per heavy atom. The number of para-hydroxylation sites is 2. The summed E-state index contributed by atoms with van der Waals surface area (Å²) in [5.41, 5.74) is 2.25. The zero-order chi connectivity index (χ0) is 22.9. The molecule has 0 radical (unpaired) electrons. The van der Waals surface area contributed by atoms with E-state index >= 15 is 0 Å². The van der Waals surface area contributed by atoms with Crippen molar-refractivity contribution in [3.8, 4) is 6.01 Å². The molecule has 4 rings (SSSR count). The molecule has 0 N–H and O–H groups in total. The van der Waals surface area contributed by atoms with Crippen molar-refractivity contribution in [3.63, 3.8) is 0 Å². The van der Waals surface area contributed by atoms with Gasteiger partial charge in [-0.25, -0.2) is 4.79 Å². The number of hydrogen-bond donors (Lipinski definition) is 0. The molecule has 1 aliphatic rings. The number of imidazole rings is 1. The minimum absolute atomic E-state index is 0.218. The number of hydrogen-bond acceptors (Lipinski definition) is 4. The summed E-state index contributed by atoms with van der Waals surface area (Å²) in [6, 6.07) is 13.9. The van der Waals surface area contributed by atoms with Crippen LogP contribution in [0.4, 0.5) is 4.79 Å². The molecule has 1 atom stereocenters. The van der Waals surface area contributed by atoms with E-state index in [9.17, 15) is 4.79 Å². The molecule has 170 valence electrons. The van der Waals surface area contributed by atoms with Crippen LogP contribution in [0.25, 0.3) is 11.0 Å². The lowest BCUT2D eigenvalue weighted by Gasteiger charge is -2.24. The van der Waals surface area contributed by atoms with Crippen molar-refractivity contribution in [1.29, 1.82) is 0 Å². The van der Waals surface area contributed by atoms with Gasteiger partial charge in [-0.1, -0.05) is 41.4 Å². The van der Waals surface area contributed by atoms with Gasteiger partial charge in [0.25, 0.3) is 6.01 Å². The molecule has 0 saturated carbocycles. The van der Waals surface area contributed by atoms with Gasteiger partial charge in [0.05, 0.1) is 24.2 Å². The molecule has 0 unspecified atom stereocenters. The number of amides is 1. The van der Waals surface area contributed by atoms with E-state index < -0.39 is 5.60 Å². The lowest BCUT2D eigenvalue weighted by Crippen LogP contribution is -2.35. The highest BCUT2D eigenvalue weighted by atomic mass is 35.5. The molecule has 8 heteroatoms. The van der Waals surface area contributed by atoms with Crippen LogP contribution in [-0.4, -0.2) is 45.8 Å². The predicted octanol–water partition coefficient (Wildman–Crippen LogP) is 6.03. The van der Waals surface area contributed by atoms with Crippen LogP contribution in [0.5, 0.6) is 6.01 Å². The Labute approximate surface area is 198 Å². The third-order valence-electron chi connectivity index (χ3n) is 5.35. The van der Waals surface area contributed by atoms with Gasteiger partial charge >= 0.3 is 6.09 Å². The molecule has 1 amide bonds. The maximum atomic E-state index is 12.3. The SMILES string of the molecule is CC(C)(C)OC(=O)N1CC[C@@H](COc2nc3ccccc3n2Cc2ccc(Cl)cc2Cl)C1. The van der Waals surface area contributed by atoms with Gasteiger partial charge in [0.15, 0.2) is 0 Å². The maximum absolute atomic E-state index is 12.3. The molecule has 2 heterocycles. The van der Waals surface area contributed by atoms with Crippen molar-refractivity contribution in [1.82, 2.24) is 14.5 Å². The van der Waals surface area contributed by atoms with Crippen LogP contribution >= 0.6 is 23.2 Å². The number of likely N-dealkylation sites (tertiary alicyclic amines) is 1. The molecule has 0 bridgehead atoms. The van der Waals surface area contributed by atoms with Gasteiger partial charge < -0.3 is 14.4 Å². The Kier molecular flexibility index (Phi) is 6.54. The summed E-state index contributed by atoms with van der Waals surface area (Å²) >= 11 is 12.5. The van der Waals surface area contributed by atoms with Crippen LogP contribution in [0.3, 0.4) is 0 Å². The lowest BCUT2D eigenvalue weighted by molar-refractivity contribution is 0.0284. The largest absolute Gasteiger partial charge is 0.464 e. The average molecular weight is 476 g/mol. The summed E-state index contributed by atoms with van der Waals surface area (Å²) in [6.45, 7) is 7.88. The molecule has 0 spiro atoms. The molecule has 32 heavy (non-hydrogen) atoms. The zero-order valence-electron chi connectivity index (χ0n) is 18.5. The summed E-state index contributed by atoms with van der Waals surface area (Å²) < 4.78 is 13.7. The summed E-state index contributed by atoms with van der Waals surface area (Å²) in [4.78, 5) is 18.8. The quantitative estimate of drug-likeness (QED) is 0.452. The van der Waals surface area contributed by atoms with Crippen molar-refractivity contribution in [2.24, 2.45) is 5.92 Å². The Hall–Kier alpha value is -2.44. The fourth-order valence-electron chi connectivity index (χ4n) is 3.79. The highest BCUT2D eigenvalue weighted by Gasteiger charge is 2.30. The van der Waals surface area contributed by atoms with Crippen LogP contribution in [0.1, 0.15) is 32.8 Å². The van der Waals surface area contributed by atoms with Crippen molar-refractivity contribution < 1.29 is 14.3 Å². The Morgan fingerprint density at radius 1 is 1.19 bits per heavy atom. The number of carbonyl (C=O) groups is 1. The minimum Gasteiger partial charge on any atom is -0.464 e. The maximum Gasteiger partial charge on any atom is 0.410 e. The monoisotopic (exact) mass is 475 g/mol. The third kappa shape index (κ3) is 5.30. The van der Waals surface area contributed by atoms with E-state index in [0.717, 1.165) is 23.0 Å². The van der Waals surface area contributed by atoms with Crippen molar-refractivity contribution >= 4 is 40.3 Å². The number of rotatable bonds is 5. The first-order valence-corrected chi connectivity index (χ1v) is 11.4. The van der Waals surface area contributed by atoms with Crippen LogP contribution < -0.4 is 4.74 Å². The molecule has 0 aliphatic carbocycles. The molecular weight excluding hydrogens is 449 g/mol. The van der Waals surface area contributed by atoms with E-state index in [-0.39, 0.29) is 12.0 Å². The Bertz CT molecular complexity index is 1120. The predicted molar refractivity (Wildman–Crippen MR) is 127 cm³/mol. The summed E-state index contributed by atoms with van der Waals surface area (Å²) in [7, 11) is 0. The molecule has 2 aromatic carbocycles. The van der Waals surface area contributed by atoms with Crippen molar-refractivity contribution in [2.75, 3.05) is 19.7 Å². The first-order valence-electron chi connectivity index (χ1n) is 10.7. The van der Waals surface area contributed by atoms with Crippen LogP contribution in [0.15, 0.2) is 42.5 Å². The van der Waals surface area contributed by atoms with Crippen LogP contribution in [0, 0.1) is 5.92 Å². The number of fused-ring (bicyclic) bond motifs is 1. The standard InChI is InChI=1S/C24H27Cl2N3O3/c1-24(2,3)32-23(30)28-11-10-16(13-28)15-31-22-27-20-6-4-5-7-21(20)29(22)14-17-8-9-18(25)12-19(17)26/h4-9,12,16H,10-11,13-15H2,1-3H3/t16-/m1/s1. The fraction of sp³-hybridized carbons (Fsp3) is 0.417.